The first-order valence-electron chi connectivity index (χ1n) is 9.44. The van der Waals surface area contributed by atoms with Crippen molar-refractivity contribution in [1.29, 1.82) is 0 Å². The summed E-state index contributed by atoms with van der Waals surface area (Å²) in [6.07, 6.45) is 3.99. The maximum atomic E-state index is 13.9. The molecule has 1 aromatic carbocycles. The smallest absolute Gasteiger partial charge is 0.254 e. The van der Waals surface area contributed by atoms with Crippen LogP contribution in [-0.4, -0.2) is 41.1 Å². The van der Waals surface area contributed by atoms with Crippen molar-refractivity contribution in [3.8, 4) is 0 Å². The van der Waals surface area contributed by atoms with Gasteiger partial charge < -0.3 is 14.8 Å². The number of anilines is 1. The van der Waals surface area contributed by atoms with E-state index >= 15 is 0 Å². The van der Waals surface area contributed by atoms with Crippen LogP contribution in [-0.2, 0) is 20.8 Å². The Labute approximate surface area is 162 Å². The van der Waals surface area contributed by atoms with Gasteiger partial charge in [0, 0.05) is 17.7 Å². The van der Waals surface area contributed by atoms with Crippen LogP contribution in [0.1, 0.15) is 37.3 Å². The molecule has 1 aliphatic heterocycles. The average Bonchev–Trinajstić information content (AvgIpc) is 3.03. The summed E-state index contributed by atoms with van der Waals surface area (Å²) in [6, 6.07) is 3.25. The molecule has 3 rings (SSSR count). The maximum absolute atomic E-state index is 13.9. The zero-order valence-corrected chi connectivity index (χ0v) is 16.1. The number of hydrogen-bond acceptors (Lipinski definition) is 4. The van der Waals surface area contributed by atoms with E-state index in [1.54, 1.807) is 20.0 Å². The highest BCUT2D eigenvalue weighted by molar-refractivity contribution is 5.93. The van der Waals surface area contributed by atoms with Gasteiger partial charge in [-0.25, -0.2) is 13.5 Å². The Morgan fingerprint density at radius 1 is 1.43 bits per heavy atom. The van der Waals surface area contributed by atoms with Crippen molar-refractivity contribution in [2.45, 2.75) is 51.9 Å². The van der Waals surface area contributed by atoms with Gasteiger partial charge in [0.25, 0.3) is 5.91 Å². The van der Waals surface area contributed by atoms with Gasteiger partial charge in [-0.1, -0.05) is 0 Å². The summed E-state index contributed by atoms with van der Waals surface area (Å²) < 4.78 is 40.0. The number of hydrogen-bond donors (Lipinski definition) is 1. The molecule has 1 fully saturated rings. The SMILES string of the molecule is Cc1cnn(Cc2cc(F)ccc2F)c1NC(=O)C(C)OCC1CCCCO1. The summed E-state index contributed by atoms with van der Waals surface area (Å²) >= 11 is 0. The highest BCUT2D eigenvalue weighted by Gasteiger charge is 2.21. The molecule has 0 saturated carbocycles. The molecule has 0 bridgehead atoms. The van der Waals surface area contributed by atoms with Crippen LogP contribution in [0, 0.1) is 18.6 Å². The van der Waals surface area contributed by atoms with Crippen LogP contribution in [0.5, 0.6) is 0 Å². The predicted octanol–water partition coefficient (Wildman–Crippen LogP) is 3.43. The fourth-order valence-corrected chi connectivity index (χ4v) is 3.07. The highest BCUT2D eigenvalue weighted by Crippen LogP contribution is 2.19. The van der Waals surface area contributed by atoms with Crippen LogP contribution >= 0.6 is 0 Å². The third-order valence-electron chi connectivity index (χ3n) is 4.77. The lowest BCUT2D eigenvalue weighted by Gasteiger charge is -2.24. The van der Waals surface area contributed by atoms with Gasteiger partial charge in [-0.3, -0.25) is 4.79 Å². The van der Waals surface area contributed by atoms with Crippen LogP contribution in [0.4, 0.5) is 14.6 Å². The van der Waals surface area contributed by atoms with Crippen molar-refractivity contribution in [3.63, 3.8) is 0 Å². The molecule has 1 amide bonds. The first-order valence-corrected chi connectivity index (χ1v) is 9.44. The first-order chi connectivity index (χ1) is 13.4. The minimum Gasteiger partial charge on any atom is -0.376 e. The first kappa shape index (κ1) is 20.4. The van der Waals surface area contributed by atoms with Crippen molar-refractivity contribution in [2.24, 2.45) is 0 Å². The molecule has 8 heteroatoms. The molecule has 1 aromatic heterocycles. The van der Waals surface area contributed by atoms with E-state index < -0.39 is 17.7 Å². The van der Waals surface area contributed by atoms with E-state index in [0.717, 1.165) is 44.1 Å². The largest absolute Gasteiger partial charge is 0.376 e. The number of carbonyl (C=O) groups is 1. The molecular formula is C20H25F2N3O3. The van der Waals surface area contributed by atoms with Crippen molar-refractivity contribution in [2.75, 3.05) is 18.5 Å². The lowest BCUT2D eigenvalue weighted by atomic mass is 10.1. The molecule has 152 valence electrons. The van der Waals surface area contributed by atoms with E-state index in [1.165, 1.54) is 4.68 Å². The molecule has 2 atom stereocenters. The Morgan fingerprint density at radius 3 is 3.00 bits per heavy atom. The third kappa shape index (κ3) is 5.14. The van der Waals surface area contributed by atoms with Crippen molar-refractivity contribution >= 4 is 11.7 Å². The monoisotopic (exact) mass is 393 g/mol. The van der Waals surface area contributed by atoms with Crippen LogP contribution < -0.4 is 5.32 Å². The number of rotatable bonds is 7. The Bertz CT molecular complexity index is 819. The van der Waals surface area contributed by atoms with Crippen molar-refractivity contribution < 1.29 is 23.0 Å². The quantitative estimate of drug-likeness (QED) is 0.783. The molecule has 0 spiro atoms. The topological polar surface area (TPSA) is 65.4 Å². The molecule has 0 radical (unpaired) electrons. The van der Waals surface area contributed by atoms with Gasteiger partial charge in [-0.2, -0.15) is 5.10 Å². The molecule has 1 aliphatic rings. The fourth-order valence-electron chi connectivity index (χ4n) is 3.07. The second-order valence-corrected chi connectivity index (χ2v) is 7.02. The molecule has 28 heavy (non-hydrogen) atoms. The van der Waals surface area contributed by atoms with Crippen molar-refractivity contribution in [3.05, 3.63) is 47.2 Å². The van der Waals surface area contributed by atoms with Gasteiger partial charge in [-0.05, 0) is 51.3 Å². The van der Waals surface area contributed by atoms with Crippen molar-refractivity contribution in [1.82, 2.24) is 9.78 Å². The third-order valence-corrected chi connectivity index (χ3v) is 4.77. The van der Waals surface area contributed by atoms with Gasteiger partial charge in [0.1, 0.15) is 23.6 Å². The minimum absolute atomic E-state index is 0.00179. The standard InChI is InChI=1S/C20H25F2N3O3/c1-13-10-23-25(11-15-9-16(21)6-7-18(15)22)19(13)24-20(26)14(2)28-12-17-5-3-4-8-27-17/h6-7,9-10,14,17H,3-5,8,11-12H2,1-2H3,(H,24,26). The number of ether oxygens (including phenoxy) is 2. The molecule has 2 aromatic rings. The summed E-state index contributed by atoms with van der Waals surface area (Å²) in [7, 11) is 0. The summed E-state index contributed by atoms with van der Waals surface area (Å²) in [5, 5.41) is 6.95. The Kier molecular flexibility index (Phi) is 6.74. The van der Waals surface area contributed by atoms with Gasteiger partial charge in [0.05, 0.1) is 25.5 Å². The second kappa shape index (κ2) is 9.25. The molecular weight excluding hydrogens is 368 g/mol. The number of nitrogens with zero attached hydrogens (tertiary/aromatic N) is 2. The zero-order valence-electron chi connectivity index (χ0n) is 16.1. The Hall–Kier alpha value is -2.32. The van der Waals surface area contributed by atoms with Crippen LogP contribution in [0.2, 0.25) is 0 Å². The number of aromatic nitrogens is 2. The van der Waals surface area contributed by atoms with E-state index in [1.807, 2.05) is 0 Å². The predicted molar refractivity (Wildman–Crippen MR) is 100 cm³/mol. The van der Waals surface area contributed by atoms with Crippen LogP contribution in [0.25, 0.3) is 0 Å². The average molecular weight is 393 g/mol. The highest BCUT2D eigenvalue weighted by atomic mass is 19.1. The van der Waals surface area contributed by atoms with Gasteiger partial charge >= 0.3 is 0 Å². The summed E-state index contributed by atoms with van der Waals surface area (Å²) in [6.45, 7) is 4.53. The summed E-state index contributed by atoms with van der Waals surface area (Å²) in [5.74, 6) is -0.966. The molecule has 6 nitrogen and oxygen atoms in total. The number of benzene rings is 1. The lowest BCUT2D eigenvalue weighted by Crippen LogP contribution is -2.33. The van der Waals surface area contributed by atoms with E-state index in [-0.39, 0.29) is 24.1 Å². The van der Waals surface area contributed by atoms with E-state index in [9.17, 15) is 13.6 Å². The number of amides is 1. The second-order valence-electron chi connectivity index (χ2n) is 7.02. The Balaban J connectivity index is 1.62. The van der Waals surface area contributed by atoms with Gasteiger partial charge in [0.2, 0.25) is 0 Å². The van der Waals surface area contributed by atoms with E-state index in [2.05, 4.69) is 10.4 Å². The maximum Gasteiger partial charge on any atom is 0.254 e. The van der Waals surface area contributed by atoms with E-state index in [4.69, 9.17) is 9.47 Å². The fraction of sp³-hybridized carbons (Fsp3) is 0.500. The Morgan fingerprint density at radius 2 is 2.25 bits per heavy atom. The number of nitrogens with one attached hydrogen (secondary N) is 1. The lowest BCUT2D eigenvalue weighted by molar-refractivity contribution is -0.130. The number of carbonyl (C=O) groups excluding carboxylic acids is 1. The molecule has 0 aliphatic carbocycles. The minimum atomic E-state index is -0.681. The normalized spacial score (nSPS) is 18.1. The molecule has 1 N–H and O–H groups in total. The van der Waals surface area contributed by atoms with Gasteiger partial charge in [-0.15, -0.1) is 0 Å². The summed E-state index contributed by atoms with van der Waals surface area (Å²) in [4.78, 5) is 12.5. The van der Waals surface area contributed by atoms with Gasteiger partial charge in [0.15, 0.2) is 0 Å². The molecule has 2 unspecified atom stereocenters. The zero-order chi connectivity index (χ0) is 20.1. The van der Waals surface area contributed by atoms with E-state index in [0.29, 0.717) is 18.0 Å². The summed E-state index contributed by atoms with van der Waals surface area (Å²) in [5.41, 5.74) is 0.866. The molecule has 1 saturated heterocycles. The van der Waals surface area contributed by atoms with Crippen LogP contribution in [0.15, 0.2) is 24.4 Å². The number of aryl methyl sites for hydroxylation is 1. The number of halogens is 2. The molecule has 2 heterocycles. The van der Waals surface area contributed by atoms with Crippen LogP contribution in [0.3, 0.4) is 0 Å².